The van der Waals surface area contributed by atoms with Crippen molar-refractivity contribution >= 4 is 17.0 Å². The number of nitrogens with one attached hydrogen (secondary N) is 1. The van der Waals surface area contributed by atoms with Crippen molar-refractivity contribution in [2.45, 2.75) is 13.5 Å². The summed E-state index contributed by atoms with van der Waals surface area (Å²) in [4.78, 5) is 4.00. The van der Waals surface area contributed by atoms with Gasteiger partial charge in [-0.05, 0) is 6.92 Å². The second-order valence-corrected chi connectivity index (χ2v) is 4.72. The molecule has 0 radical (unpaired) electrons. The van der Waals surface area contributed by atoms with E-state index >= 15 is 0 Å². The molecule has 0 aliphatic rings. The third-order valence-electron chi connectivity index (χ3n) is 2.32. The number of hydrogen-bond acceptors (Lipinski definition) is 3. The molecule has 0 aliphatic carbocycles. The Bertz CT molecular complexity index is 597. The smallest absolute Gasteiger partial charge is 0.200 e. The minimum absolute atomic E-state index is 0.136. The van der Waals surface area contributed by atoms with Gasteiger partial charge in [0.25, 0.3) is 0 Å². The summed E-state index contributed by atoms with van der Waals surface area (Å²) < 4.78 is 65.3. The molecule has 0 aliphatic heterocycles. The summed E-state index contributed by atoms with van der Waals surface area (Å²) in [5.74, 6) is -9.90. The lowest BCUT2D eigenvalue weighted by atomic mass is 10.2. The quantitative estimate of drug-likeness (QED) is 0.529. The zero-order chi connectivity index (χ0) is 14.2. The van der Waals surface area contributed by atoms with Crippen LogP contribution in [0.3, 0.4) is 0 Å². The number of nitrogens with zero attached hydrogens (tertiary/aromatic N) is 1. The van der Waals surface area contributed by atoms with Crippen LogP contribution in [-0.2, 0) is 6.54 Å². The van der Waals surface area contributed by atoms with Crippen molar-refractivity contribution < 1.29 is 22.0 Å². The average Bonchev–Trinajstić information content (AvgIpc) is 2.80. The van der Waals surface area contributed by atoms with Crippen LogP contribution in [0.2, 0.25) is 0 Å². The lowest BCUT2D eigenvalue weighted by Gasteiger charge is -2.09. The zero-order valence-corrected chi connectivity index (χ0v) is 10.3. The van der Waals surface area contributed by atoms with Gasteiger partial charge in [0.05, 0.1) is 17.2 Å². The van der Waals surface area contributed by atoms with E-state index in [-0.39, 0.29) is 6.54 Å². The Morgan fingerprint density at radius 2 is 1.53 bits per heavy atom. The van der Waals surface area contributed by atoms with Crippen LogP contribution in [0.4, 0.5) is 27.6 Å². The zero-order valence-electron chi connectivity index (χ0n) is 9.53. The summed E-state index contributed by atoms with van der Waals surface area (Å²) in [6.07, 6.45) is 0. The number of benzene rings is 1. The van der Waals surface area contributed by atoms with Crippen molar-refractivity contribution in [2.24, 2.45) is 0 Å². The number of thiazole rings is 1. The summed E-state index contributed by atoms with van der Waals surface area (Å²) >= 11 is 1.31. The summed E-state index contributed by atoms with van der Waals surface area (Å²) in [6, 6.07) is 0. The van der Waals surface area contributed by atoms with Crippen LogP contribution in [0.15, 0.2) is 5.38 Å². The van der Waals surface area contributed by atoms with Gasteiger partial charge in [0.1, 0.15) is 5.69 Å². The van der Waals surface area contributed by atoms with E-state index in [1.54, 1.807) is 12.3 Å². The Morgan fingerprint density at radius 1 is 1.00 bits per heavy atom. The van der Waals surface area contributed by atoms with Crippen LogP contribution in [0.1, 0.15) is 10.7 Å². The van der Waals surface area contributed by atoms with Crippen molar-refractivity contribution in [1.82, 2.24) is 4.98 Å². The van der Waals surface area contributed by atoms with E-state index in [9.17, 15) is 22.0 Å². The van der Waals surface area contributed by atoms with Gasteiger partial charge in [-0.1, -0.05) is 0 Å². The van der Waals surface area contributed by atoms with Crippen LogP contribution in [0, 0.1) is 36.0 Å². The molecule has 0 saturated carbocycles. The molecule has 1 heterocycles. The number of halogens is 5. The molecule has 19 heavy (non-hydrogen) atoms. The second kappa shape index (κ2) is 5.12. The van der Waals surface area contributed by atoms with E-state index in [1.165, 1.54) is 11.3 Å². The Hall–Kier alpha value is -1.70. The number of aryl methyl sites for hydroxylation is 1. The minimum Gasteiger partial charge on any atom is -0.374 e. The van der Waals surface area contributed by atoms with Crippen LogP contribution >= 0.6 is 11.3 Å². The molecule has 8 heteroatoms. The van der Waals surface area contributed by atoms with Gasteiger partial charge in [-0.25, -0.2) is 26.9 Å². The third kappa shape index (κ3) is 2.53. The molecule has 0 bridgehead atoms. The minimum atomic E-state index is -2.18. The molecule has 1 aromatic heterocycles. The molecule has 2 rings (SSSR count). The van der Waals surface area contributed by atoms with Crippen molar-refractivity contribution in [3.8, 4) is 0 Å². The highest BCUT2D eigenvalue weighted by Crippen LogP contribution is 2.27. The first-order valence-electron chi connectivity index (χ1n) is 5.08. The topological polar surface area (TPSA) is 24.9 Å². The van der Waals surface area contributed by atoms with Gasteiger partial charge in [0, 0.05) is 5.38 Å². The molecular weight excluding hydrogens is 287 g/mol. The van der Waals surface area contributed by atoms with Gasteiger partial charge < -0.3 is 5.32 Å². The SMILES string of the molecule is Cc1nc(CNc2c(F)c(F)c(F)c(F)c2F)cs1. The fourth-order valence-electron chi connectivity index (χ4n) is 1.43. The Balaban J connectivity index is 2.30. The lowest BCUT2D eigenvalue weighted by Crippen LogP contribution is -2.10. The predicted molar refractivity (Wildman–Crippen MR) is 60.4 cm³/mol. The molecule has 2 nitrogen and oxygen atoms in total. The van der Waals surface area contributed by atoms with E-state index in [1.807, 2.05) is 0 Å². The molecule has 1 aromatic carbocycles. The lowest BCUT2D eigenvalue weighted by molar-refractivity contribution is 0.381. The molecule has 0 saturated heterocycles. The number of aromatic nitrogens is 1. The first-order valence-corrected chi connectivity index (χ1v) is 5.96. The van der Waals surface area contributed by atoms with Crippen LogP contribution in [-0.4, -0.2) is 4.98 Å². The maximum absolute atomic E-state index is 13.3. The molecule has 2 aromatic rings. The number of rotatable bonds is 3. The highest BCUT2D eigenvalue weighted by molar-refractivity contribution is 7.09. The molecule has 0 atom stereocenters. The maximum atomic E-state index is 13.3. The molecular formula is C11H7F5N2S. The Labute approximate surface area is 108 Å². The first-order chi connectivity index (χ1) is 8.91. The second-order valence-electron chi connectivity index (χ2n) is 3.66. The van der Waals surface area contributed by atoms with E-state index < -0.39 is 34.8 Å². The van der Waals surface area contributed by atoms with Gasteiger partial charge in [0.15, 0.2) is 23.3 Å². The Morgan fingerprint density at radius 3 is 2.00 bits per heavy atom. The van der Waals surface area contributed by atoms with E-state index in [0.717, 1.165) is 5.01 Å². The summed E-state index contributed by atoms with van der Waals surface area (Å²) in [5, 5.41) is 4.52. The highest BCUT2D eigenvalue weighted by atomic mass is 32.1. The van der Waals surface area contributed by atoms with Crippen LogP contribution in [0.25, 0.3) is 0 Å². The molecule has 0 spiro atoms. The van der Waals surface area contributed by atoms with E-state index in [0.29, 0.717) is 5.69 Å². The van der Waals surface area contributed by atoms with Crippen LogP contribution in [0.5, 0.6) is 0 Å². The van der Waals surface area contributed by atoms with Crippen LogP contribution < -0.4 is 5.32 Å². The largest absolute Gasteiger partial charge is 0.374 e. The third-order valence-corrected chi connectivity index (χ3v) is 3.14. The fourth-order valence-corrected chi connectivity index (χ4v) is 2.04. The van der Waals surface area contributed by atoms with Gasteiger partial charge in [-0.3, -0.25) is 0 Å². The molecule has 0 fully saturated rings. The molecule has 102 valence electrons. The van der Waals surface area contributed by atoms with Crippen molar-refractivity contribution in [3.63, 3.8) is 0 Å². The molecule has 0 unspecified atom stereocenters. The average molecular weight is 294 g/mol. The predicted octanol–water partition coefficient (Wildman–Crippen LogP) is 3.76. The fraction of sp³-hybridized carbons (Fsp3) is 0.182. The standard InChI is InChI=1S/C11H7F5N2S/c1-4-18-5(3-19-4)2-17-11-9(15)7(13)6(12)8(14)10(11)16/h3,17H,2H2,1H3. The number of anilines is 1. The van der Waals surface area contributed by atoms with E-state index in [4.69, 9.17) is 0 Å². The van der Waals surface area contributed by atoms with Crippen molar-refractivity contribution in [3.05, 3.63) is 45.2 Å². The van der Waals surface area contributed by atoms with E-state index in [2.05, 4.69) is 10.3 Å². The van der Waals surface area contributed by atoms with Gasteiger partial charge in [-0.2, -0.15) is 0 Å². The van der Waals surface area contributed by atoms with Gasteiger partial charge >= 0.3 is 0 Å². The molecule has 0 amide bonds. The number of hydrogen-bond donors (Lipinski definition) is 1. The normalized spacial score (nSPS) is 10.8. The summed E-state index contributed by atoms with van der Waals surface area (Å²) in [7, 11) is 0. The first kappa shape index (κ1) is 13.7. The van der Waals surface area contributed by atoms with Gasteiger partial charge in [0.2, 0.25) is 5.82 Å². The Kier molecular flexibility index (Phi) is 3.70. The van der Waals surface area contributed by atoms with Crippen molar-refractivity contribution in [1.29, 1.82) is 0 Å². The summed E-state index contributed by atoms with van der Waals surface area (Å²) in [6.45, 7) is 1.59. The van der Waals surface area contributed by atoms with Gasteiger partial charge in [-0.15, -0.1) is 11.3 Å². The van der Waals surface area contributed by atoms with Crippen molar-refractivity contribution in [2.75, 3.05) is 5.32 Å². The molecule has 1 N–H and O–H groups in total. The maximum Gasteiger partial charge on any atom is 0.200 e. The monoisotopic (exact) mass is 294 g/mol. The highest BCUT2D eigenvalue weighted by Gasteiger charge is 2.25. The summed E-state index contributed by atoms with van der Waals surface area (Å²) in [5.41, 5.74) is -0.603.